The molecule has 0 atom stereocenters. The van der Waals surface area contributed by atoms with Crippen molar-refractivity contribution in [1.29, 1.82) is 0 Å². The number of amides is 2. The Balaban J connectivity index is 1.67. The molecule has 130 valence electrons. The number of aryl methyl sites for hydroxylation is 1. The van der Waals surface area contributed by atoms with Gasteiger partial charge in [-0.2, -0.15) is 0 Å². The number of carbonyl (C=O) groups excluding carboxylic acids is 2. The molecular weight excluding hydrogens is 328 g/mol. The van der Waals surface area contributed by atoms with Crippen LogP contribution in [0.4, 0.5) is 11.4 Å². The molecule has 3 rings (SSSR count). The van der Waals surface area contributed by atoms with E-state index in [-0.39, 0.29) is 11.8 Å². The van der Waals surface area contributed by atoms with E-state index in [1.807, 2.05) is 31.2 Å². The van der Waals surface area contributed by atoms with Gasteiger partial charge in [-0.15, -0.1) is 0 Å². The van der Waals surface area contributed by atoms with Crippen molar-refractivity contribution in [2.75, 3.05) is 10.6 Å². The highest BCUT2D eigenvalue weighted by Crippen LogP contribution is 2.16. The van der Waals surface area contributed by atoms with Crippen molar-refractivity contribution in [2.45, 2.75) is 6.92 Å². The summed E-state index contributed by atoms with van der Waals surface area (Å²) in [7, 11) is 0. The lowest BCUT2D eigenvalue weighted by atomic mass is 10.1. The van der Waals surface area contributed by atoms with E-state index in [1.54, 1.807) is 42.5 Å². The summed E-state index contributed by atoms with van der Waals surface area (Å²) in [5, 5.41) is 5.60. The molecule has 0 aliphatic heterocycles. The quantitative estimate of drug-likeness (QED) is 0.669. The zero-order chi connectivity index (χ0) is 18.4. The first-order valence-corrected chi connectivity index (χ1v) is 8.11. The number of hydrogen-bond donors (Lipinski definition) is 2. The van der Waals surface area contributed by atoms with Crippen molar-refractivity contribution in [3.8, 4) is 0 Å². The van der Waals surface area contributed by atoms with Crippen molar-refractivity contribution >= 4 is 29.3 Å². The van der Waals surface area contributed by atoms with Crippen LogP contribution in [-0.2, 0) is 4.79 Å². The number of furan rings is 1. The summed E-state index contributed by atoms with van der Waals surface area (Å²) in [6, 6.07) is 17.8. The van der Waals surface area contributed by atoms with Gasteiger partial charge in [0.15, 0.2) is 0 Å². The molecule has 2 aromatic carbocycles. The molecule has 0 spiro atoms. The van der Waals surface area contributed by atoms with Crippen LogP contribution in [0.15, 0.2) is 77.4 Å². The fourth-order valence-corrected chi connectivity index (χ4v) is 2.37. The van der Waals surface area contributed by atoms with Gasteiger partial charge in [-0.1, -0.05) is 24.3 Å². The summed E-state index contributed by atoms with van der Waals surface area (Å²) in [5.74, 6) is 0.0471. The third-order valence-corrected chi connectivity index (χ3v) is 3.73. The molecule has 1 heterocycles. The van der Waals surface area contributed by atoms with Crippen molar-refractivity contribution in [3.05, 3.63) is 89.9 Å². The Kier molecular flexibility index (Phi) is 5.29. The number of hydrogen-bond acceptors (Lipinski definition) is 3. The van der Waals surface area contributed by atoms with Gasteiger partial charge in [0.2, 0.25) is 5.91 Å². The van der Waals surface area contributed by atoms with Crippen LogP contribution in [0.1, 0.15) is 21.7 Å². The normalized spacial score (nSPS) is 10.7. The largest absolute Gasteiger partial charge is 0.465 e. The number of para-hydroxylation sites is 1. The van der Waals surface area contributed by atoms with Crippen LogP contribution in [0.25, 0.3) is 6.08 Å². The summed E-state index contributed by atoms with van der Waals surface area (Å²) < 4.78 is 5.13. The molecule has 2 amide bonds. The number of carbonyl (C=O) groups is 2. The smallest absolute Gasteiger partial charge is 0.255 e. The van der Waals surface area contributed by atoms with Crippen molar-refractivity contribution in [2.24, 2.45) is 0 Å². The summed E-state index contributed by atoms with van der Waals surface area (Å²) in [6.07, 6.45) is 4.48. The molecule has 26 heavy (non-hydrogen) atoms. The predicted octanol–water partition coefficient (Wildman–Crippen LogP) is 4.49. The number of anilines is 2. The van der Waals surface area contributed by atoms with Crippen LogP contribution >= 0.6 is 0 Å². The molecule has 0 saturated heterocycles. The molecule has 0 saturated carbocycles. The summed E-state index contributed by atoms with van der Waals surface area (Å²) >= 11 is 0. The molecule has 0 aliphatic carbocycles. The highest BCUT2D eigenvalue weighted by Gasteiger charge is 2.09. The maximum atomic E-state index is 12.4. The zero-order valence-electron chi connectivity index (χ0n) is 14.2. The molecule has 5 heteroatoms. The van der Waals surface area contributed by atoms with Crippen molar-refractivity contribution in [3.63, 3.8) is 0 Å². The molecule has 1 aromatic heterocycles. The fraction of sp³-hybridized carbons (Fsp3) is 0.0476. The van der Waals surface area contributed by atoms with Gasteiger partial charge in [0.05, 0.1) is 6.26 Å². The lowest BCUT2D eigenvalue weighted by Gasteiger charge is -2.09. The third-order valence-electron chi connectivity index (χ3n) is 3.73. The number of rotatable bonds is 5. The van der Waals surface area contributed by atoms with Gasteiger partial charge >= 0.3 is 0 Å². The van der Waals surface area contributed by atoms with Gasteiger partial charge < -0.3 is 15.1 Å². The molecule has 0 radical (unpaired) electrons. The lowest BCUT2D eigenvalue weighted by molar-refractivity contribution is -0.111. The van der Waals surface area contributed by atoms with Crippen LogP contribution in [0.5, 0.6) is 0 Å². The topological polar surface area (TPSA) is 71.3 Å². The van der Waals surface area contributed by atoms with E-state index in [0.29, 0.717) is 17.0 Å². The summed E-state index contributed by atoms with van der Waals surface area (Å²) in [5.41, 5.74) is 2.74. The van der Waals surface area contributed by atoms with E-state index >= 15 is 0 Å². The van der Waals surface area contributed by atoms with E-state index in [0.717, 1.165) is 11.3 Å². The monoisotopic (exact) mass is 346 g/mol. The first kappa shape index (κ1) is 17.2. The predicted molar refractivity (Wildman–Crippen MR) is 102 cm³/mol. The minimum atomic E-state index is -0.308. The molecule has 5 nitrogen and oxygen atoms in total. The average Bonchev–Trinajstić information content (AvgIpc) is 3.16. The van der Waals surface area contributed by atoms with Gasteiger partial charge in [-0.25, -0.2) is 0 Å². The summed E-state index contributed by atoms with van der Waals surface area (Å²) in [6.45, 7) is 1.93. The van der Waals surface area contributed by atoms with Crippen LogP contribution in [-0.4, -0.2) is 11.8 Å². The maximum absolute atomic E-state index is 12.4. The molecule has 3 aromatic rings. The number of nitrogens with one attached hydrogen (secondary N) is 2. The SMILES string of the molecule is Cc1ccccc1NC(=O)c1cccc(NC(=O)/C=C/c2ccco2)c1. The molecule has 0 bridgehead atoms. The average molecular weight is 346 g/mol. The first-order chi connectivity index (χ1) is 12.6. The second-order valence-electron chi connectivity index (χ2n) is 5.69. The van der Waals surface area contributed by atoms with Gasteiger partial charge in [0.1, 0.15) is 5.76 Å². The zero-order valence-corrected chi connectivity index (χ0v) is 14.2. The molecular formula is C21H18N2O3. The van der Waals surface area contributed by atoms with Crippen LogP contribution in [0, 0.1) is 6.92 Å². The second kappa shape index (κ2) is 7.98. The highest BCUT2D eigenvalue weighted by molar-refractivity contribution is 6.06. The highest BCUT2D eigenvalue weighted by atomic mass is 16.3. The van der Waals surface area contributed by atoms with Gasteiger partial charge in [0.25, 0.3) is 5.91 Å². The van der Waals surface area contributed by atoms with E-state index in [4.69, 9.17) is 4.42 Å². The van der Waals surface area contributed by atoms with Gasteiger partial charge in [-0.05, 0) is 55.0 Å². The van der Waals surface area contributed by atoms with Crippen LogP contribution in [0.2, 0.25) is 0 Å². The second-order valence-corrected chi connectivity index (χ2v) is 5.69. The first-order valence-electron chi connectivity index (χ1n) is 8.11. The maximum Gasteiger partial charge on any atom is 0.255 e. The van der Waals surface area contributed by atoms with Crippen molar-refractivity contribution < 1.29 is 14.0 Å². The number of benzene rings is 2. The van der Waals surface area contributed by atoms with Gasteiger partial charge in [-0.3, -0.25) is 9.59 Å². The van der Waals surface area contributed by atoms with Crippen molar-refractivity contribution in [1.82, 2.24) is 0 Å². The molecule has 0 aliphatic rings. The fourth-order valence-electron chi connectivity index (χ4n) is 2.37. The lowest BCUT2D eigenvalue weighted by Crippen LogP contribution is -2.14. The molecule has 0 fully saturated rings. The summed E-state index contributed by atoms with van der Waals surface area (Å²) in [4.78, 5) is 24.4. The standard InChI is InChI=1S/C21H18N2O3/c1-15-6-2-3-10-19(15)23-21(25)16-7-4-8-17(14-16)22-20(24)12-11-18-9-5-13-26-18/h2-14H,1H3,(H,22,24)(H,23,25)/b12-11+. The Labute approximate surface area is 151 Å². The van der Waals surface area contributed by atoms with E-state index < -0.39 is 0 Å². The Morgan fingerprint density at radius 3 is 2.58 bits per heavy atom. The molecule has 2 N–H and O–H groups in total. The third kappa shape index (κ3) is 4.48. The minimum Gasteiger partial charge on any atom is -0.465 e. The Morgan fingerprint density at radius 1 is 0.962 bits per heavy atom. The van der Waals surface area contributed by atoms with E-state index in [9.17, 15) is 9.59 Å². The van der Waals surface area contributed by atoms with Gasteiger partial charge in [0, 0.05) is 23.0 Å². The van der Waals surface area contributed by atoms with Crippen LogP contribution < -0.4 is 10.6 Å². The van der Waals surface area contributed by atoms with E-state index in [2.05, 4.69) is 10.6 Å². The Morgan fingerprint density at radius 2 is 1.81 bits per heavy atom. The Bertz CT molecular complexity index is 943. The van der Waals surface area contributed by atoms with E-state index in [1.165, 1.54) is 12.3 Å². The minimum absolute atomic E-state index is 0.235. The Hall–Kier alpha value is -3.60. The van der Waals surface area contributed by atoms with Crippen LogP contribution in [0.3, 0.4) is 0 Å². The molecule has 0 unspecified atom stereocenters.